The summed E-state index contributed by atoms with van der Waals surface area (Å²) in [5.74, 6) is 1.49. The van der Waals surface area contributed by atoms with Crippen LogP contribution in [0, 0.1) is 6.92 Å². The second-order valence-electron chi connectivity index (χ2n) is 6.28. The van der Waals surface area contributed by atoms with E-state index in [0.29, 0.717) is 12.3 Å². The van der Waals surface area contributed by atoms with Crippen molar-refractivity contribution in [2.75, 3.05) is 11.5 Å². The minimum atomic E-state index is -2.87. The molecule has 1 aliphatic rings. The summed E-state index contributed by atoms with van der Waals surface area (Å²) in [5, 5.41) is 3.39. The van der Waals surface area contributed by atoms with Crippen LogP contribution < -0.4 is 10.1 Å². The maximum Gasteiger partial charge on any atom is 0.151 e. The van der Waals surface area contributed by atoms with Crippen molar-refractivity contribution in [3.8, 4) is 5.75 Å². The van der Waals surface area contributed by atoms with Crippen molar-refractivity contribution in [2.24, 2.45) is 0 Å². The van der Waals surface area contributed by atoms with E-state index < -0.39 is 9.84 Å². The number of sulfone groups is 1. The Hall–Kier alpha value is -1.07. The molecule has 0 radical (unpaired) electrons. The van der Waals surface area contributed by atoms with Crippen LogP contribution in [-0.2, 0) is 16.4 Å². The Morgan fingerprint density at radius 3 is 2.86 bits per heavy atom. The lowest BCUT2D eigenvalue weighted by atomic mass is 10.1. The molecule has 1 aliphatic heterocycles. The smallest absolute Gasteiger partial charge is 0.151 e. The first-order chi connectivity index (χ1) is 10.4. The molecule has 0 aromatic heterocycles. The third-order valence-corrected chi connectivity index (χ3v) is 5.99. The molecule has 4 nitrogen and oxygen atoms in total. The van der Waals surface area contributed by atoms with Crippen LogP contribution in [-0.4, -0.2) is 32.1 Å². The van der Waals surface area contributed by atoms with Crippen LogP contribution in [0.25, 0.3) is 0 Å². The first-order valence-corrected chi connectivity index (χ1v) is 9.91. The van der Waals surface area contributed by atoms with E-state index in [4.69, 9.17) is 4.74 Å². The van der Waals surface area contributed by atoms with Gasteiger partial charge in [-0.3, -0.25) is 0 Å². The summed E-state index contributed by atoms with van der Waals surface area (Å²) in [4.78, 5) is 0. The quantitative estimate of drug-likeness (QED) is 0.874. The molecule has 0 amide bonds. The summed E-state index contributed by atoms with van der Waals surface area (Å²) in [6.07, 6.45) is 2.81. The highest BCUT2D eigenvalue weighted by Gasteiger charge is 2.24. The van der Waals surface area contributed by atoms with Gasteiger partial charge in [0.1, 0.15) is 5.75 Å². The van der Waals surface area contributed by atoms with Gasteiger partial charge >= 0.3 is 0 Å². The molecule has 2 rings (SSSR count). The average molecular weight is 325 g/mol. The Kier molecular flexibility index (Phi) is 5.87. The number of hydrogen-bond donors (Lipinski definition) is 1. The highest BCUT2D eigenvalue weighted by Crippen LogP contribution is 2.23. The SMILES string of the molecule is CC[C@@H](C)Oc1cc(C)ccc1CN[C@H]1CCCS(=O)(=O)C1. The Labute approximate surface area is 134 Å². The maximum atomic E-state index is 11.7. The van der Waals surface area contributed by atoms with Gasteiger partial charge in [-0.2, -0.15) is 0 Å². The number of benzene rings is 1. The van der Waals surface area contributed by atoms with E-state index >= 15 is 0 Å². The lowest BCUT2D eigenvalue weighted by molar-refractivity contribution is 0.214. The molecular formula is C17H27NO3S. The van der Waals surface area contributed by atoms with E-state index in [-0.39, 0.29) is 17.9 Å². The molecule has 0 unspecified atom stereocenters. The zero-order valence-corrected chi connectivity index (χ0v) is 14.6. The minimum absolute atomic E-state index is 0.0523. The molecule has 1 aromatic rings. The van der Waals surface area contributed by atoms with E-state index in [0.717, 1.165) is 30.6 Å². The summed E-state index contributed by atoms with van der Waals surface area (Å²) in [5.41, 5.74) is 2.26. The van der Waals surface area contributed by atoms with Gasteiger partial charge in [0.05, 0.1) is 17.6 Å². The van der Waals surface area contributed by atoms with Crippen LogP contribution >= 0.6 is 0 Å². The Balaban J connectivity index is 2.02. The molecule has 124 valence electrons. The minimum Gasteiger partial charge on any atom is -0.490 e. The maximum absolute atomic E-state index is 11.7. The Morgan fingerprint density at radius 2 is 2.18 bits per heavy atom. The Bertz CT molecular complexity index is 598. The number of hydrogen-bond acceptors (Lipinski definition) is 4. The fraction of sp³-hybridized carbons (Fsp3) is 0.647. The highest BCUT2D eigenvalue weighted by atomic mass is 32.2. The van der Waals surface area contributed by atoms with Crippen LogP contribution in [0.1, 0.15) is 44.2 Å². The summed E-state index contributed by atoms with van der Waals surface area (Å²) < 4.78 is 29.4. The predicted octanol–water partition coefficient (Wildman–Crippen LogP) is 2.84. The molecular weight excluding hydrogens is 298 g/mol. The van der Waals surface area contributed by atoms with Crippen LogP contribution in [0.2, 0.25) is 0 Å². The molecule has 0 aliphatic carbocycles. The monoisotopic (exact) mass is 325 g/mol. The van der Waals surface area contributed by atoms with Gasteiger partial charge in [-0.25, -0.2) is 8.42 Å². The van der Waals surface area contributed by atoms with Crippen molar-refractivity contribution in [3.05, 3.63) is 29.3 Å². The first kappa shape index (κ1) is 17.3. The highest BCUT2D eigenvalue weighted by molar-refractivity contribution is 7.91. The van der Waals surface area contributed by atoms with Crippen LogP contribution in [0.4, 0.5) is 0 Å². The van der Waals surface area contributed by atoms with Crippen LogP contribution in [0.5, 0.6) is 5.75 Å². The molecule has 1 heterocycles. The molecule has 22 heavy (non-hydrogen) atoms. The lowest BCUT2D eigenvalue weighted by Crippen LogP contribution is -2.39. The van der Waals surface area contributed by atoms with Crippen LogP contribution in [0.15, 0.2) is 18.2 Å². The van der Waals surface area contributed by atoms with Crippen molar-refractivity contribution in [3.63, 3.8) is 0 Å². The second kappa shape index (κ2) is 7.47. The standard InChI is InChI=1S/C17H27NO3S/c1-4-14(3)21-17-10-13(2)7-8-15(17)11-18-16-6-5-9-22(19,20)12-16/h7-8,10,14,16,18H,4-6,9,11-12H2,1-3H3/t14-,16+/m1/s1. The third kappa shape index (κ3) is 4.99. The topological polar surface area (TPSA) is 55.4 Å². The normalized spacial score (nSPS) is 22.2. The first-order valence-electron chi connectivity index (χ1n) is 8.09. The zero-order valence-electron chi connectivity index (χ0n) is 13.8. The molecule has 0 saturated carbocycles. The lowest BCUT2D eigenvalue weighted by Gasteiger charge is -2.24. The molecule has 1 N–H and O–H groups in total. The van der Waals surface area contributed by atoms with Gasteiger partial charge in [0, 0.05) is 18.2 Å². The summed E-state index contributed by atoms with van der Waals surface area (Å²) in [6, 6.07) is 6.24. The van der Waals surface area contributed by atoms with Crippen molar-refractivity contribution in [2.45, 2.75) is 58.7 Å². The van der Waals surface area contributed by atoms with E-state index in [9.17, 15) is 8.42 Å². The van der Waals surface area contributed by atoms with Crippen molar-refractivity contribution >= 4 is 9.84 Å². The van der Waals surface area contributed by atoms with E-state index in [1.807, 2.05) is 6.92 Å². The van der Waals surface area contributed by atoms with Gasteiger partial charge in [-0.1, -0.05) is 19.1 Å². The summed E-state index contributed by atoms with van der Waals surface area (Å²) >= 11 is 0. The van der Waals surface area contributed by atoms with Crippen molar-refractivity contribution < 1.29 is 13.2 Å². The molecule has 1 saturated heterocycles. The molecule has 2 atom stereocenters. The number of nitrogens with one attached hydrogen (secondary N) is 1. The number of ether oxygens (including phenoxy) is 1. The van der Waals surface area contributed by atoms with Crippen LogP contribution in [0.3, 0.4) is 0 Å². The summed E-state index contributed by atoms with van der Waals surface area (Å²) in [6.45, 7) is 6.86. The van der Waals surface area contributed by atoms with E-state index in [2.05, 4.69) is 37.4 Å². The third-order valence-electron chi connectivity index (χ3n) is 4.17. The molecule has 5 heteroatoms. The summed E-state index contributed by atoms with van der Waals surface area (Å²) in [7, 11) is -2.87. The fourth-order valence-electron chi connectivity index (χ4n) is 2.66. The van der Waals surface area contributed by atoms with Gasteiger partial charge in [-0.05, 0) is 44.7 Å². The number of aryl methyl sites for hydroxylation is 1. The van der Waals surface area contributed by atoms with Gasteiger partial charge in [0.15, 0.2) is 9.84 Å². The molecule has 0 bridgehead atoms. The van der Waals surface area contributed by atoms with E-state index in [1.165, 1.54) is 5.56 Å². The Morgan fingerprint density at radius 1 is 1.41 bits per heavy atom. The zero-order chi connectivity index (χ0) is 16.2. The van der Waals surface area contributed by atoms with Crippen molar-refractivity contribution in [1.82, 2.24) is 5.32 Å². The molecule has 1 aromatic carbocycles. The van der Waals surface area contributed by atoms with Gasteiger partial charge in [-0.15, -0.1) is 0 Å². The average Bonchev–Trinajstić information content (AvgIpc) is 2.45. The number of rotatable bonds is 6. The van der Waals surface area contributed by atoms with Gasteiger partial charge < -0.3 is 10.1 Å². The van der Waals surface area contributed by atoms with E-state index in [1.54, 1.807) is 0 Å². The van der Waals surface area contributed by atoms with Gasteiger partial charge in [0.25, 0.3) is 0 Å². The molecule has 1 fully saturated rings. The van der Waals surface area contributed by atoms with Crippen molar-refractivity contribution in [1.29, 1.82) is 0 Å². The van der Waals surface area contributed by atoms with Gasteiger partial charge in [0.2, 0.25) is 0 Å². The molecule has 0 spiro atoms. The largest absolute Gasteiger partial charge is 0.490 e. The fourth-order valence-corrected chi connectivity index (χ4v) is 4.33. The predicted molar refractivity (Wildman–Crippen MR) is 90.1 cm³/mol. The second-order valence-corrected chi connectivity index (χ2v) is 8.51.